The van der Waals surface area contributed by atoms with Gasteiger partial charge in [0.2, 0.25) is 0 Å². The van der Waals surface area contributed by atoms with Gasteiger partial charge in [-0.1, -0.05) is 133 Å². The third-order valence-electron chi connectivity index (χ3n) is 26.2. The van der Waals surface area contributed by atoms with Crippen LogP contribution in [0.1, 0.15) is 251 Å². The third-order valence-corrected chi connectivity index (χ3v) is 26.2. The molecule has 0 fully saturated rings. The first-order valence-corrected chi connectivity index (χ1v) is 55.2. The van der Waals surface area contributed by atoms with E-state index in [1.807, 2.05) is 28.1 Å². The van der Waals surface area contributed by atoms with Crippen LogP contribution in [0.4, 0.5) is 0 Å². The van der Waals surface area contributed by atoms with E-state index in [1.54, 1.807) is 46.8 Å². The fraction of sp³-hybridized carbons (Fsp3) is 0.744. The summed E-state index contributed by atoms with van der Waals surface area (Å²) in [6.07, 6.45) is 23.0. The van der Waals surface area contributed by atoms with Gasteiger partial charge in [-0.3, -0.25) is 0 Å². The fourth-order valence-corrected chi connectivity index (χ4v) is 15.2. The van der Waals surface area contributed by atoms with Gasteiger partial charge in [0.15, 0.2) is 0 Å². The standard InChI is InChI=1S/C15H30NO2.2C14H28NO2.C13H26NO2.2C12H24NO2.C11H22NO2.2C9H18NO2.C8H16NO2/c1-6-9-11-16(8-3,10-7-2)12-13-18-15(17)14(4)5;1-6-9-15(8-3,10-7-2)11-12-17-14(16)13(4)5;1-5-9-11-15(8-4,10-6-2)12-13-17-14(16)7-3;1-5-9-14(8-4,10-6-2)11-12-16-13(15)7-3;1-6-13(7-2,8-3)9-10-15-12(14)11(4)5;1-5-9-12(14)15-11-10-13(6-2,7-3)8-4;1-5-11(13)14-10-9-12(6-2,7-3)8-4;1-8(2)9(11)12-7-6-10(3,4)5;1-5-6-9(11)12-8-7-10(2,3)4;1-5-8(10)11-7-6-9(2,3)4/h4,6-13H2,1-3,5H3;4,6-12H2,1-3,5H3;7H,3,5-6,8-13H2,1-2,4H3;7H,3,5-6,8-12H2,1-2,4H3;4,6-10H2,1-3,5H3;5,9H,6-8,10-11H2,1-4H3;5H,1,6-10H2,2-4H3;1,6-7H2,2-5H3;5-6H,7-8H2,1-4H3;5H,1,6-7H2,2-4H3/q10*+1/b;;;;;9-5+;;;6-5+;. The second-order valence-electron chi connectivity index (χ2n) is 40.6. The Bertz CT molecular complexity index is 3530. The molecule has 30 heteroatoms. The number of likely N-dealkylation sites (N-methyl/N-ethyl adjacent to an activating group) is 10. The van der Waals surface area contributed by atoms with Crippen LogP contribution in [0.15, 0.2) is 124 Å². The Morgan fingerprint density at radius 2 is 0.340 bits per heavy atom. The molecule has 2 unspecified atom stereocenters. The molecule has 0 aromatic rings. The van der Waals surface area contributed by atoms with Crippen molar-refractivity contribution in [3.05, 3.63) is 124 Å². The van der Waals surface area contributed by atoms with Crippen LogP contribution in [-0.2, 0) is 95.3 Å². The Labute approximate surface area is 902 Å². The number of ether oxygens (including phenoxy) is 10. The molecule has 0 heterocycles. The molecule has 0 aliphatic rings. The van der Waals surface area contributed by atoms with Crippen molar-refractivity contribution in [2.45, 2.75) is 251 Å². The van der Waals surface area contributed by atoms with Crippen LogP contribution in [0.5, 0.6) is 0 Å². The number of unbranched alkanes of at least 4 members (excludes halogenated alkanes) is 2. The molecule has 0 rings (SSSR count). The Morgan fingerprint density at radius 1 is 0.197 bits per heavy atom. The van der Waals surface area contributed by atoms with Gasteiger partial charge in [0.1, 0.15) is 132 Å². The molecule has 862 valence electrons. The van der Waals surface area contributed by atoms with E-state index in [4.69, 9.17) is 47.4 Å². The second-order valence-corrected chi connectivity index (χ2v) is 40.6. The van der Waals surface area contributed by atoms with E-state index in [-0.39, 0.29) is 59.7 Å². The van der Waals surface area contributed by atoms with Crippen molar-refractivity contribution in [3.8, 4) is 0 Å². The zero-order valence-electron chi connectivity index (χ0n) is 102. The largest absolute Gasteiger partial charge is 0.457 e. The van der Waals surface area contributed by atoms with Gasteiger partial charge in [0, 0.05) is 58.7 Å². The fourth-order valence-electron chi connectivity index (χ4n) is 15.2. The molecule has 0 saturated carbocycles. The SMILES string of the molecule is C/C=C/C(=O)OCC[N+](C)(C)C.C/C=C/C(=O)OCC[N+](CC)(CC)CC.C=C(C)C(=O)OCC[N+](C)(C)C.C=C(C)C(=O)OCC[N+](CC)(CC)CC.C=C(C)C(=O)OCC[N+](CC)(CCC)CCC.C=C(C)C(=O)OCC[N+](CC)(CCC)CCCC.C=CC(=O)OCC[N+](C)(C)C.C=CC(=O)OCC[N+](CC)(CC)CC.C=CC(=O)OCC[N+](CC)(CCC)CCC.C=CC(=O)OCC[N+](CC)(CCC)CCCC. The second kappa shape index (κ2) is 97.2. The number of esters is 10. The highest BCUT2D eigenvalue weighted by molar-refractivity contribution is 5.88. The Kier molecular flexibility index (Phi) is 105. The van der Waals surface area contributed by atoms with E-state index in [0.29, 0.717) is 88.4 Å². The normalized spacial score (nSPS) is 12.0. The van der Waals surface area contributed by atoms with Gasteiger partial charge < -0.3 is 92.2 Å². The highest BCUT2D eigenvalue weighted by Crippen LogP contribution is 2.17. The van der Waals surface area contributed by atoms with Gasteiger partial charge in [-0.25, -0.2) is 47.9 Å². The summed E-state index contributed by atoms with van der Waals surface area (Å²) in [6.45, 7) is 121. The minimum atomic E-state index is -0.349. The smallest absolute Gasteiger partial charge is 0.333 e. The van der Waals surface area contributed by atoms with Crippen LogP contribution in [0.3, 0.4) is 0 Å². The highest BCUT2D eigenvalue weighted by atomic mass is 16.6. The molecule has 2 atom stereocenters. The number of allylic oxidation sites excluding steroid dienone is 2. The molecule has 0 spiro atoms. The maximum Gasteiger partial charge on any atom is 0.333 e. The first kappa shape index (κ1) is 159. The molecule has 0 saturated heterocycles. The predicted octanol–water partition coefficient (Wildman–Crippen LogP) is 18.7. The minimum absolute atomic E-state index is 0.237. The first-order valence-electron chi connectivity index (χ1n) is 55.2. The molecule has 0 aliphatic heterocycles. The maximum atomic E-state index is 11.4. The summed E-state index contributed by atoms with van der Waals surface area (Å²) < 4.78 is 60.1. The van der Waals surface area contributed by atoms with Crippen molar-refractivity contribution >= 4 is 59.7 Å². The van der Waals surface area contributed by atoms with Crippen molar-refractivity contribution in [3.63, 3.8) is 0 Å². The molecular formula is C117H234N10O20+10. The van der Waals surface area contributed by atoms with E-state index >= 15 is 0 Å². The quantitative estimate of drug-likeness (QED) is 0.0237. The number of quaternary nitrogens is 10. The topological polar surface area (TPSA) is 263 Å². The van der Waals surface area contributed by atoms with Gasteiger partial charge in [-0.15, -0.1) is 0 Å². The van der Waals surface area contributed by atoms with Crippen LogP contribution in [-0.4, -0.2) is 437 Å². The van der Waals surface area contributed by atoms with Crippen molar-refractivity contribution in [1.82, 2.24) is 0 Å². The zero-order valence-corrected chi connectivity index (χ0v) is 102. The van der Waals surface area contributed by atoms with E-state index in [0.717, 1.165) is 222 Å². The van der Waals surface area contributed by atoms with Crippen LogP contribution < -0.4 is 0 Å². The number of carbonyl (C=O) groups excluding carboxylic acids is 10. The summed E-state index contributed by atoms with van der Waals surface area (Å²) in [7, 11) is 18.5. The van der Waals surface area contributed by atoms with Gasteiger partial charge in [0.05, 0.1) is 201 Å². The molecule has 147 heavy (non-hydrogen) atoms. The molecule has 0 aromatic heterocycles. The predicted molar refractivity (Wildman–Crippen MR) is 611 cm³/mol. The van der Waals surface area contributed by atoms with Crippen molar-refractivity contribution in [1.29, 1.82) is 0 Å². The lowest BCUT2D eigenvalue weighted by atomic mass is 10.2. The zero-order chi connectivity index (χ0) is 116. The van der Waals surface area contributed by atoms with Crippen LogP contribution in [0, 0.1) is 0 Å². The maximum absolute atomic E-state index is 11.4. The number of rotatable bonds is 71. The summed E-state index contributed by atoms with van der Waals surface area (Å²) in [5.41, 5.74) is 1.88. The summed E-state index contributed by atoms with van der Waals surface area (Å²) >= 11 is 0. The molecular weight excluding hydrogens is 1870 g/mol. The van der Waals surface area contributed by atoms with E-state index in [9.17, 15) is 47.9 Å². The number of nitrogens with zero attached hydrogens (tertiary/aromatic N) is 10. The van der Waals surface area contributed by atoms with E-state index in [1.165, 1.54) is 127 Å². The summed E-state index contributed by atoms with van der Waals surface area (Å²) in [5, 5.41) is 0. The highest BCUT2D eigenvalue weighted by Gasteiger charge is 2.30. The van der Waals surface area contributed by atoms with Gasteiger partial charge >= 0.3 is 59.7 Å². The molecule has 0 bridgehead atoms. The Balaban J connectivity index is -0.000000178. The van der Waals surface area contributed by atoms with E-state index in [2.05, 4.69) is 240 Å². The van der Waals surface area contributed by atoms with Gasteiger partial charge in [-0.05, 0) is 183 Å². The third kappa shape index (κ3) is 93.5. The molecule has 0 aliphatic carbocycles. The number of hydrogen-bond acceptors (Lipinski definition) is 20. The first-order chi connectivity index (χ1) is 68.8. The van der Waals surface area contributed by atoms with Crippen LogP contribution in [0.25, 0.3) is 0 Å². The Morgan fingerprint density at radius 3 is 0.476 bits per heavy atom. The molecule has 0 N–H and O–H groups in total. The van der Waals surface area contributed by atoms with E-state index < -0.39 is 0 Å². The lowest BCUT2D eigenvalue weighted by Gasteiger charge is -2.37. The van der Waals surface area contributed by atoms with Gasteiger partial charge in [-0.2, -0.15) is 0 Å². The van der Waals surface area contributed by atoms with Crippen molar-refractivity contribution in [2.75, 3.05) is 332 Å². The van der Waals surface area contributed by atoms with Crippen molar-refractivity contribution in [2.24, 2.45) is 0 Å². The monoisotopic (exact) mass is 2100 g/mol. The molecule has 0 amide bonds. The van der Waals surface area contributed by atoms with Crippen LogP contribution >= 0.6 is 0 Å². The summed E-state index contributed by atoms with van der Waals surface area (Å²) in [4.78, 5) is 110. The average molecular weight is 2100 g/mol. The van der Waals surface area contributed by atoms with Crippen LogP contribution in [0.2, 0.25) is 0 Å². The molecule has 30 nitrogen and oxygen atoms in total. The van der Waals surface area contributed by atoms with Crippen molar-refractivity contribution < 1.29 is 140 Å². The summed E-state index contributed by atoms with van der Waals surface area (Å²) in [5.74, 6) is -2.92. The molecule has 0 aromatic carbocycles. The Hall–Kier alpha value is -8.30. The van der Waals surface area contributed by atoms with Gasteiger partial charge in [0.25, 0.3) is 0 Å². The lowest BCUT2D eigenvalue weighted by molar-refractivity contribution is -0.927. The lowest BCUT2D eigenvalue weighted by Crippen LogP contribution is -2.51. The average Bonchev–Trinajstić information content (AvgIpc) is 0.925. The summed E-state index contributed by atoms with van der Waals surface area (Å²) in [6, 6.07) is 0. The number of hydrogen-bond donors (Lipinski definition) is 0. The number of carbonyl (C=O) groups is 10. The minimum Gasteiger partial charge on any atom is -0.457 e. The molecule has 0 radical (unpaired) electrons.